The summed E-state index contributed by atoms with van der Waals surface area (Å²) >= 11 is 6.39. The van der Waals surface area contributed by atoms with E-state index in [1.807, 2.05) is 42.5 Å². The summed E-state index contributed by atoms with van der Waals surface area (Å²) in [5.74, 6) is 0.162. The van der Waals surface area contributed by atoms with Crippen LogP contribution in [0.25, 0.3) is 6.08 Å². The summed E-state index contributed by atoms with van der Waals surface area (Å²) in [4.78, 5) is 25.3. The van der Waals surface area contributed by atoms with Crippen molar-refractivity contribution in [2.24, 2.45) is 0 Å². The third kappa shape index (κ3) is 2.38. The average Bonchev–Trinajstić information content (AvgIpc) is 3.11. The summed E-state index contributed by atoms with van der Waals surface area (Å²) in [5.41, 5.74) is -1.60. The number of aliphatic hydroxyl groups is 1. The highest BCUT2D eigenvalue weighted by molar-refractivity contribution is 6.45. The van der Waals surface area contributed by atoms with Crippen LogP contribution < -0.4 is 9.47 Å². The van der Waals surface area contributed by atoms with Gasteiger partial charge in [-0.25, -0.2) is 0 Å². The average molecular weight is 409 g/mol. The van der Waals surface area contributed by atoms with Crippen molar-refractivity contribution in [1.29, 1.82) is 0 Å². The van der Waals surface area contributed by atoms with Crippen LogP contribution in [0.5, 0.6) is 11.5 Å². The number of para-hydroxylation sites is 2. The lowest BCUT2D eigenvalue weighted by molar-refractivity contribution is -0.160. The second-order valence-corrected chi connectivity index (χ2v) is 8.00. The van der Waals surface area contributed by atoms with Crippen LogP contribution in [0.4, 0.5) is 0 Å². The van der Waals surface area contributed by atoms with Crippen molar-refractivity contribution in [1.82, 2.24) is 0 Å². The lowest BCUT2D eigenvalue weighted by atomic mass is 9.65. The molecule has 3 aliphatic rings. The number of benzene rings is 2. The van der Waals surface area contributed by atoms with E-state index in [1.54, 1.807) is 12.1 Å². The van der Waals surface area contributed by atoms with Gasteiger partial charge >= 0.3 is 0 Å². The number of hydrogen-bond donors (Lipinski definition) is 1. The van der Waals surface area contributed by atoms with Gasteiger partial charge < -0.3 is 14.6 Å². The summed E-state index contributed by atoms with van der Waals surface area (Å²) in [6.07, 6.45) is 1.62. The van der Waals surface area contributed by atoms with Gasteiger partial charge in [-0.3, -0.25) is 9.59 Å². The van der Waals surface area contributed by atoms with Gasteiger partial charge in [0.15, 0.2) is 17.0 Å². The van der Waals surface area contributed by atoms with Crippen LogP contribution in [0.2, 0.25) is 0 Å². The third-order valence-electron chi connectivity index (χ3n) is 5.75. The van der Waals surface area contributed by atoms with Gasteiger partial charge in [-0.05, 0) is 30.7 Å². The molecule has 0 radical (unpaired) electrons. The van der Waals surface area contributed by atoms with Gasteiger partial charge in [-0.15, -0.1) is 0 Å². The smallest absolute Gasteiger partial charge is 0.214 e. The van der Waals surface area contributed by atoms with Crippen LogP contribution in [0.3, 0.4) is 0 Å². The SMILES string of the molecule is CC(=O)C[C@]1(O)C(=O)C(Cl)=C2Oc3ccccc3C=C2[C@@]12Cc1ccccc1O2. The normalized spacial score (nSPS) is 26.9. The zero-order chi connectivity index (χ0) is 20.4. The van der Waals surface area contributed by atoms with Gasteiger partial charge in [0, 0.05) is 24.0 Å². The molecule has 0 saturated heterocycles. The number of ether oxygens (including phenoxy) is 2. The molecule has 0 aromatic heterocycles. The van der Waals surface area contributed by atoms with Gasteiger partial charge in [-0.1, -0.05) is 48.0 Å². The summed E-state index contributed by atoms with van der Waals surface area (Å²) < 4.78 is 12.3. The molecule has 1 N–H and O–H groups in total. The van der Waals surface area contributed by atoms with Crippen LogP contribution >= 0.6 is 11.6 Å². The van der Waals surface area contributed by atoms with Crippen molar-refractivity contribution in [3.8, 4) is 11.5 Å². The van der Waals surface area contributed by atoms with Crippen molar-refractivity contribution in [3.05, 3.63) is 76.0 Å². The second kappa shape index (κ2) is 6.05. The molecule has 2 heterocycles. The van der Waals surface area contributed by atoms with Crippen LogP contribution in [0.15, 0.2) is 64.9 Å². The monoisotopic (exact) mass is 408 g/mol. The highest BCUT2D eigenvalue weighted by Crippen LogP contribution is 2.55. The molecule has 5 rings (SSSR count). The third-order valence-corrected chi connectivity index (χ3v) is 6.10. The molecule has 0 amide bonds. The van der Waals surface area contributed by atoms with E-state index in [0.29, 0.717) is 17.1 Å². The highest BCUT2D eigenvalue weighted by atomic mass is 35.5. The Labute approximate surface area is 172 Å². The number of fused-ring (bicyclic) bond motifs is 4. The number of halogens is 1. The summed E-state index contributed by atoms with van der Waals surface area (Å²) in [7, 11) is 0. The molecule has 29 heavy (non-hydrogen) atoms. The van der Waals surface area contributed by atoms with Crippen molar-refractivity contribution < 1.29 is 24.2 Å². The Morgan fingerprint density at radius 2 is 1.83 bits per heavy atom. The molecule has 2 aliphatic heterocycles. The maximum atomic E-state index is 13.3. The summed E-state index contributed by atoms with van der Waals surface area (Å²) in [6.45, 7) is 1.33. The van der Waals surface area contributed by atoms with Crippen molar-refractivity contribution in [2.45, 2.75) is 31.0 Å². The lowest BCUT2D eigenvalue weighted by Crippen LogP contribution is -2.66. The fourth-order valence-corrected chi connectivity index (χ4v) is 4.73. The number of carbonyl (C=O) groups excluding carboxylic acids is 2. The Hall–Kier alpha value is -2.89. The van der Waals surface area contributed by atoms with Crippen molar-refractivity contribution >= 4 is 29.2 Å². The maximum Gasteiger partial charge on any atom is 0.214 e. The van der Waals surface area contributed by atoms with E-state index < -0.39 is 23.4 Å². The molecule has 2 atom stereocenters. The van der Waals surface area contributed by atoms with E-state index in [-0.39, 0.29) is 23.0 Å². The Morgan fingerprint density at radius 3 is 2.55 bits per heavy atom. The largest absolute Gasteiger partial charge is 0.478 e. The minimum atomic E-state index is -2.15. The second-order valence-electron chi connectivity index (χ2n) is 7.62. The minimum Gasteiger partial charge on any atom is -0.478 e. The molecular weight excluding hydrogens is 392 g/mol. The minimum absolute atomic E-state index is 0.163. The predicted molar refractivity (Wildman–Crippen MR) is 107 cm³/mol. The zero-order valence-corrected chi connectivity index (χ0v) is 16.3. The quantitative estimate of drug-likeness (QED) is 0.822. The fourth-order valence-electron chi connectivity index (χ4n) is 4.44. The van der Waals surface area contributed by atoms with Gasteiger partial charge in [0.25, 0.3) is 0 Å². The zero-order valence-electron chi connectivity index (χ0n) is 15.6. The Bertz CT molecular complexity index is 1120. The first kappa shape index (κ1) is 18.2. The first-order valence-corrected chi connectivity index (χ1v) is 9.66. The standard InChI is InChI=1S/C23H17ClO5/c1-13(25)11-22(27)21(26)19(24)20-16(10-14-6-2-4-8-17(14)28-20)23(22)12-15-7-3-5-9-18(15)29-23/h2-10,27H,11-12H2,1H3/t22-,23-/m0/s1. The molecule has 5 nitrogen and oxygen atoms in total. The molecule has 2 aromatic carbocycles. The first-order chi connectivity index (χ1) is 13.9. The molecule has 0 bridgehead atoms. The number of Topliss-reactive ketones (excluding diaryl/α,β-unsaturated/α-hetero) is 2. The van der Waals surface area contributed by atoms with E-state index in [0.717, 1.165) is 11.1 Å². The topological polar surface area (TPSA) is 72.8 Å². The highest BCUT2D eigenvalue weighted by Gasteiger charge is 2.67. The predicted octanol–water partition coefficient (Wildman–Crippen LogP) is 3.58. The van der Waals surface area contributed by atoms with E-state index in [2.05, 4.69) is 0 Å². The molecule has 146 valence electrons. The fraction of sp³-hybridized carbons (Fsp3) is 0.217. The van der Waals surface area contributed by atoms with Crippen LogP contribution in [0.1, 0.15) is 24.5 Å². The van der Waals surface area contributed by atoms with E-state index in [4.69, 9.17) is 21.1 Å². The molecule has 1 aliphatic carbocycles. The van der Waals surface area contributed by atoms with Gasteiger partial charge in [0.2, 0.25) is 5.78 Å². The van der Waals surface area contributed by atoms with Gasteiger partial charge in [0.1, 0.15) is 22.3 Å². The van der Waals surface area contributed by atoms with Crippen molar-refractivity contribution in [2.75, 3.05) is 0 Å². The van der Waals surface area contributed by atoms with Crippen LogP contribution in [-0.2, 0) is 16.0 Å². The maximum absolute atomic E-state index is 13.3. The lowest BCUT2D eigenvalue weighted by Gasteiger charge is -2.47. The number of carbonyl (C=O) groups is 2. The van der Waals surface area contributed by atoms with Crippen LogP contribution in [-0.4, -0.2) is 27.9 Å². The van der Waals surface area contributed by atoms with Crippen LogP contribution in [0, 0.1) is 0 Å². The first-order valence-electron chi connectivity index (χ1n) is 9.28. The van der Waals surface area contributed by atoms with E-state index in [1.165, 1.54) is 6.92 Å². The summed E-state index contributed by atoms with van der Waals surface area (Å²) in [5, 5.41) is 11.4. The Morgan fingerprint density at radius 1 is 1.14 bits per heavy atom. The van der Waals surface area contributed by atoms with E-state index in [9.17, 15) is 14.7 Å². The number of ketones is 2. The number of hydrogen-bond acceptors (Lipinski definition) is 5. The van der Waals surface area contributed by atoms with E-state index >= 15 is 0 Å². The number of rotatable bonds is 2. The molecule has 0 unspecified atom stereocenters. The molecular formula is C23H17ClO5. The Balaban J connectivity index is 1.80. The molecule has 1 spiro atoms. The molecule has 0 fully saturated rings. The molecule has 6 heteroatoms. The molecule has 2 aromatic rings. The van der Waals surface area contributed by atoms with Gasteiger partial charge in [0.05, 0.1) is 0 Å². The van der Waals surface area contributed by atoms with Gasteiger partial charge in [-0.2, -0.15) is 0 Å². The summed E-state index contributed by atoms with van der Waals surface area (Å²) in [6, 6.07) is 14.7. The molecule has 0 saturated carbocycles. The Kier molecular flexibility index (Phi) is 3.79. The van der Waals surface area contributed by atoms with Crippen molar-refractivity contribution in [3.63, 3.8) is 0 Å².